The van der Waals surface area contributed by atoms with E-state index in [-0.39, 0.29) is 58.2 Å². The summed E-state index contributed by atoms with van der Waals surface area (Å²) in [5.74, 6) is -1.65. The summed E-state index contributed by atoms with van der Waals surface area (Å²) in [5, 5.41) is 7.10. The van der Waals surface area contributed by atoms with Crippen LogP contribution in [0.1, 0.15) is 43.3 Å². The number of benzene rings is 2. The minimum absolute atomic E-state index is 0.0303. The fourth-order valence-electron chi connectivity index (χ4n) is 4.58. The number of pyridine rings is 1. The summed E-state index contributed by atoms with van der Waals surface area (Å²) in [5.41, 5.74) is 2.18. The van der Waals surface area contributed by atoms with Crippen molar-refractivity contribution in [3.05, 3.63) is 89.1 Å². The molecule has 43 heavy (non-hydrogen) atoms. The number of halogens is 1. The maximum absolute atomic E-state index is 15.1. The van der Waals surface area contributed by atoms with Gasteiger partial charge in [0.15, 0.2) is 9.84 Å². The summed E-state index contributed by atoms with van der Waals surface area (Å²) in [6, 6.07) is 13.7. The van der Waals surface area contributed by atoms with Gasteiger partial charge in [0.1, 0.15) is 28.9 Å². The van der Waals surface area contributed by atoms with Crippen LogP contribution < -0.4 is 10.1 Å². The molecule has 0 aliphatic carbocycles. The van der Waals surface area contributed by atoms with Crippen LogP contribution in [0.5, 0.6) is 11.5 Å². The van der Waals surface area contributed by atoms with Crippen molar-refractivity contribution in [2.45, 2.75) is 50.3 Å². The molecule has 3 heterocycles. The molecule has 0 atom stereocenters. The average Bonchev–Trinajstić information content (AvgIpc) is 3.35. The Morgan fingerprint density at radius 3 is 2.42 bits per heavy atom. The molecule has 0 bridgehead atoms. The van der Waals surface area contributed by atoms with Crippen LogP contribution in [-0.2, 0) is 48.9 Å². The minimum atomic E-state index is -3.38. The first-order valence-corrected chi connectivity index (χ1v) is 15.3. The largest absolute Gasteiger partial charge is 0.457 e. The molecule has 12 heteroatoms. The highest BCUT2D eigenvalue weighted by Gasteiger charge is 2.27. The van der Waals surface area contributed by atoms with Gasteiger partial charge in [-0.1, -0.05) is 26.8 Å². The standard InChI is InChI=1S/C31H29FN4O6S/c1-31(2,3)28-15-20(36(35-28)19-6-9-23(10-7-19)43(4,40)41)14-21(37)13-18-5-8-22(16-25(18)32)42-27-11-12-33-29-24(27)17-26(38)30(39)34-29/h5-12,15-16H,13-14,17H2,1-4H3,(H,33,34,39). The van der Waals surface area contributed by atoms with Gasteiger partial charge in [0, 0.05) is 48.8 Å². The molecule has 2 aromatic carbocycles. The van der Waals surface area contributed by atoms with Crippen LogP contribution in [0.25, 0.3) is 5.69 Å². The van der Waals surface area contributed by atoms with Gasteiger partial charge in [-0.05, 0) is 48.0 Å². The highest BCUT2D eigenvalue weighted by molar-refractivity contribution is 7.90. The van der Waals surface area contributed by atoms with Gasteiger partial charge in [0.05, 0.1) is 22.0 Å². The number of ketones is 2. The number of hydrogen-bond acceptors (Lipinski definition) is 8. The molecule has 0 fully saturated rings. The normalized spacial score (nSPS) is 13.4. The van der Waals surface area contributed by atoms with Crippen LogP contribution >= 0.6 is 0 Å². The Hall–Kier alpha value is -4.71. The van der Waals surface area contributed by atoms with Crippen LogP contribution in [0.15, 0.2) is 65.7 Å². The van der Waals surface area contributed by atoms with E-state index < -0.39 is 27.3 Å². The van der Waals surface area contributed by atoms with Crippen LogP contribution in [-0.4, -0.2) is 46.9 Å². The highest BCUT2D eigenvalue weighted by Crippen LogP contribution is 2.32. The maximum atomic E-state index is 15.1. The number of sulfone groups is 1. The number of amides is 1. The van der Waals surface area contributed by atoms with Gasteiger partial charge in [-0.15, -0.1) is 0 Å². The third kappa shape index (κ3) is 6.54. The third-order valence-corrected chi connectivity index (χ3v) is 8.04. The predicted octanol–water partition coefficient (Wildman–Crippen LogP) is 4.32. The SMILES string of the molecule is CC(C)(C)c1cc(CC(=O)Cc2ccc(Oc3ccnc4c3CC(=O)C(=O)N4)cc2F)n(-c2ccc(S(C)(=O)=O)cc2)n1. The van der Waals surface area contributed by atoms with Crippen LogP contribution in [0, 0.1) is 5.82 Å². The van der Waals surface area contributed by atoms with Gasteiger partial charge in [-0.3, -0.25) is 14.4 Å². The third-order valence-electron chi connectivity index (χ3n) is 6.91. The molecule has 1 aliphatic rings. The second kappa shape index (κ2) is 11.2. The van der Waals surface area contributed by atoms with Crippen molar-refractivity contribution in [1.29, 1.82) is 0 Å². The number of hydrogen-bond donors (Lipinski definition) is 1. The lowest BCUT2D eigenvalue weighted by molar-refractivity contribution is -0.134. The number of rotatable bonds is 8. The first-order valence-electron chi connectivity index (χ1n) is 13.4. The first-order chi connectivity index (χ1) is 20.2. The van der Waals surface area contributed by atoms with E-state index in [0.29, 0.717) is 16.9 Å². The summed E-state index contributed by atoms with van der Waals surface area (Å²) in [4.78, 5) is 40.9. The topological polar surface area (TPSA) is 137 Å². The molecule has 4 aromatic rings. The molecule has 0 unspecified atom stereocenters. The van der Waals surface area contributed by atoms with Crippen molar-refractivity contribution >= 4 is 33.1 Å². The number of nitrogens with zero attached hydrogens (tertiary/aromatic N) is 3. The molecule has 0 radical (unpaired) electrons. The molecular weight excluding hydrogens is 575 g/mol. The molecule has 10 nitrogen and oxygen atoms in total. The molecule has 0 saturated carbocycles. The molecule has 1 aliphatic heterocycles. The van der Waals surface area contributed by atoms with E-state index in [0.717, 1.165) is 18.0 Å². The van der Waals surface area contributed by atoms with Crippen molar-refractivity contribution in [3.8, 4) is 17.2 Å². The zero-order chi connectivity index (χ0) is 31.1. The van der Waals surface area contributed by atoms with Crippen molar-refractivity contribution in [2.24, 2.45) is 0 Å². The Morgan fingerprint density at radius 1 is 1.05 bits per heavy atom. The van der Waals surface area contributed by atoms with Crippen LogP contribution in [0.3, 0.4) is 0 Å². The number of ether oxygens (including phenoxy) is 1. The zero-order valence-corrected chi connectivity index (χ0v) is 24.8. The number of nitrogens with one attached hydrogen (secondary N) is 1. The summed E-state index contributed by atoms with van der Waals surface area (Å²) in [6.07, 6.45) is 2.14. The fraction of sp³-hybridized carbons (Fsp3) is 0.258. The van der Waals surface area contributed by atoms with Gasteiger partial charge in [-0.2, -0.15) is 5.10 Å². The minimum Gasteiger partial charge on any atom is -0.457 e. The van der Waals surface area contributed by atoms with Crippen LogP contribution in [0.4, 0.5) is 10.2 Å². The van der Waals surface area contributed by atoms with Gasteiger partial charge >= 0.3 is 0 Å². The maximum Gasteiger partial charge on any atom is 0.293 e. The van der Waals surface area contributed by atoms with Crippen molar-refractivity contribution in [3.63, 3.8) is 0 Å². The Labute approximate surface area is 247 Å². The monoisotopic (exact) mass is 604 g/mol. The first kappa shape index (κ1) is 29.8. The lowest BCUT2D eigenvalue weighted by Crippen LogP contribution is -2.30. The fourth-order valence-corrected chi connectivity index (χ4v) is 5.21. The molecular formula is C31H29FN4O6S. The summed E-state index contributed by atoms with van der Waals surface area (Å²) < 4.78 is 46.3. The second-order valence-electron chi connectivity index (χ2n) is 11.4. The lowest BCUT2D eigenvalue weighted by atomic mass is 9.92. The quantitative estimate of drug-likeness (QED) is 0.294. The Morgan fingerprint density at radius 2 is 1.77 bits per heavy atom. The van der Waals surface area contributed by atoms with E-state index in [1.165, 1.54) is 36.5 Å². The smallest absolute Gasteiger partial charge is 0.293 e. The van der Waals surface area contributed by atoms with Gasteiger partial charge < -0.3 is 10.1 Å². The van der Waals surface area contributed by atoms with E-state index in [1.807, 2.05) is 26.8 Å². The van der Waals surface area contributed by atoms with Crippen molar-refractivity contribution in [2.75, 3.05) is 11.6 Å². The number of carbonyl (C=O) groups excluding carboxylic acids is 3. The Balaban J connectivity index is 1.34. The zero-order valence-electron chi connectivity index (χ0n) is 24.0. The molecule has 1 amide bonds. The molecule has 5 rings (SSSR count). The highest BCUT2D eigenvalue weighted by atomic mass is 32.2. The predicted molar refractivity (Wildman–Crippen MR) is 156 cm³/mol. The van der Waals surface area contributed by atoms with Gasteiger partial charge in [0.25, 0.3) is 5.91 Å². The van der Waals surface area contributed by atoms with Crippen LogP contribution in [0.2, 0.25) is 0 Å². The molecule has 0 spiro atoms. The summed E-state index contributed by atoms with van der Waals surface area (Å²) in [6.45, 7) is 5.98. The summed E-state index contributed by atoms with van der Waals surface area (Å²) in [7, 11) is -3.38. The Bertz CT molecular complexity index is 1880. The number of aromatic nitrogens is 3. The number of carbonyl (C=O) groups is 3. The molecule has 2 aromatic heterocycles. The number of Topliss-reactive ketones (excluding diaryl/α,β-unsaturated/α-hetero) is 2. The molecule has 222 valence electrons. The van der Waals surface area contributed by atoms with E-state index in [1.54, 1.807) is 16.8 Å². The van der Waals surface area contributed by atoms with Gasteiger partial charge in [0.2, 0.25) is 5.78 Å². The van der Waals surface area contributed by atoms with E-state index >= 15 is 4.39 Å². The van der Waals surface area contributed by atoms with E-state index in [9.17, 15) is 22.8 Å². The average molecular weight is 605 g/mol. The Kier molecular flexibility index (Phi) is 7.74. The van der Waals surface area contributed by atoms with E-state index in [4.69, 9.17) is 4.74 Å². The lowest BCUT2D eigenvalue weighted by Gasteiger charge is -2.18. The number of anilines is 1. The number of fused-ring (bicyclic) bond motifs is 1. The second-order valence-corrected chi connectivity index (χ2v) is 13.4. The molecule has 1 N–H and O–H groups in total. The van der Waals surface area contributed by atoms with Crippen molar-refractivity contribution in [1.82, 2.24) is 14.8 Å². The molecule has 0 saturated heterocycles. The van der Waals surface area contributed by atoms with Gasteiger partial charge in [-0.25, -0.2) is 22.5 Å². The van der Waals surface area contributed by atoms with E-state index in [2.05, 4.69) is 15.4 Å². The summed E-state index contributed by atoms with van der Waals surface area (Å²) >= 11 is 0. The van der Waals surface area contributed by atoms with Crippen molar-refractivity contribution < 1.29 is 31.9 Å².